The van der Waals surface area contributed by atoms with E-state index in [1.54, 1.807) is 0 Å². The van der Waals surface area contributed by atoms with Gasteiger partial charge in [0.25, 0.3) is 0 Å². The quantitative estimate of drug-likeness (QED) is 0.692. The Morgan fingerprint density at radius 1 is 1.15 bits per heavy atom. The van der Waals surface area contributed by atoms with Gasteiger partial charge in [0.1, 0.15) is 0 Å². The smallest absolute Gasteiger partial charge is 0.0787 e. The summed E-state index contributed by atoms with van der Waals surface area (Å²) in [6.45, 7) is 4.28. The second-order valence-corrected chi connectivity index (χ2v) is 3.27. The Labute approximate surface area is 79.9 Å². The van der Waals surface area contributed by atoms with Crippen LogP contribution in [-0.4, -0.2) is 0 Å². The number of hydrogen-bond donors (Lipinski definition) is 2. The molecule has 0 aliphatic heterocycles. The molecule has 13 heavy (non-hydrogen) atoms. The van der Waals surface area contributed by atoms with Crippen molar-refractivity contribution in [2.45, 2.75) is 32.9 Å². The van der Waals surface area contributed by atoms with Crippen LogP contribution >= 0.6 is 0 Å². The molecule has 4 N–H and O–H groups in total. The van der Waals surface area contributed by atoms with Crippen LogP contribution in [0.4, 0.5) is 0 Å². The van der Waals surface area contributed by atoms with E-state index in [2.05, 4.69) is 26.0 Å². The monoisotopic (exact) mass is 178 g/mol. The van der Waals surface area contributed by atoms with E-state index in [4.69, 9.17) is 11.5 Å². The molecule has 0 amide bonds. The van der Waals surface area contributed by atoms with Crippen molar-refractivity contribution >= 4 is 0 Å². The van der Waals surface area contributed by atoms with Crippen LogP contribution in [0.15, 0.2) is 18.2 Å². The molecular formula is C11H18N2. The maximum absolute atomic E-state index is 5.66. The fourth-order valence-electron chi connectivity index (χ4n) is 1.51. The minimum atomic E-state index is -0.346. The van der Waals surface area contributed by atoms with Crippen molar-refractivity contribution < 1.29 is 0 Å². The lowest BCUT2D eigenvalue weighted by Gasteiger charge is -2.12. The van der Waals surface area contributed by atoms with E-state index >= 15 is 0 Å². The van der Waals surface area contributed by atoms with Crippen molar-refractivity contribution in [2.75, 3.05) is 0 Å². The Bertz CT molecular complexity index is 279. The van der Waals surface area contributed by atoms with E-state index < -0.39 is 0 Å². The molecule has 0 aromatic heterocycles. The summed E-state index contributed by atoms with van der Waals surface area (Å²) in [7, 11) is 0. The van der Waals surface area contributed by atoms with Crippen molar-refractivity contribution in [3.05, 3.63) is 34.9 Å². The third-order valence-electron chi connectivity index (χ3n) is 2.36. The van der Waals surface area contributed by atoms with Crippen molar-refractivity contribution in [2.24, 2.45) is 11.5 Å². The molecule has 0 radical (unpaired) electrons. The van der Waals surface area contributed by atoms with E-state index in [0.29, 0.717) is 0 Å². The lowest BCUT2D eigenvalue weighted by atomic mass is 9.99. The van der Waals surface area contributed by atoms with Crippen LogP contribution in [-0.2, 0) is 12.8 Å². The summed E-state index contributed by atoms with van der Waals surface area (Å²) < 4.78 is 0. The van der Waals surface area contributed by atoms with Crippen LogP contribution < -0.4 is 11.5 Å². The third kappa shape index (κ3) is 2.29. The molecule has 1 aromatic rings. The van der Waals surface area contributed by atoms with E-state index in [-0.39, 0.29) is 6.17 Å². The van der Waals surface area contributed by atoms with Crippen LogP contribution in [0.25, 0.3) is 0 Å². The summed E-state index contributed by atoms with van der Waals surface area (Å²) in [5.74, 6) is 0. The molecule has 0 heterocycles. The molecule has 0 saturated heterocycles. The first-order valence-corrected chi connectivity index (χ1v) is 4.81. The SMILES string of the molecule is CCc1ccc(C(N)N)c(CC)c1. The Morgan fingerprint density at radius 3 is 2.31 bits per heavy atom. The zero-order valence-corrected chi connectivity index (χ0v) is 8.38. The molecule has 0 aliphatic rings. The first-order chi connectivity index (χ1) is 6.19. The average Bonchev–Trinajstić information content (AvgIpc) is 2.16. The molecular weight excluding hydrogens is 160 g/mol. The highest BCUT2D eigenvalue weighted by atomic mass is 14.8. The fraction of sp³-hybridized carbons (Fsp3) is 0.455. The molecule has 2 nitrogen and oxygen atoms in total. The van der Waals surface area contributed by atoms with E-state index in [1.807, 2.05) is 6.07 Å². The first-order valence-electron chi connectivity index (χ1n) is 4.81. The van der Waals surface area contributed by atoms with Gasteiger partial charge in [-0.05, 0) is 29.5 Å². The summed E-state index contributed by atoms with van der Waals surface area (Å²) in [6, 6.07) is 6.34. The molecule has 0 aliphatic carbocycles. The summed E-state index contributed by atoms with van der Waals surface area (Å²) in [4.78, 5) is 0. The zero-order chi connectivity index (χ0) is 9.84. The Balaban J connectivity index is 3.08. The van der Waals surface area contributed by atoms with Crippen molar-refractivity contribution in [3.8, 4) is 0 Å². The molecule has 1 aromatic carbocycles. The Hall–Kier alpha value is -0.860. The average molecular weight is 178 g/mol. The molecule has 2 heteroatoms. The number of nitrogens with two attached hydrogens (primary N) is 2. The normalized spacial score (nSPS) is 10.8. The summed E-state index contributed by atoms with van der Waals surface area (Å²) in [6.07, 6.45) is 1.71. The van der Waals surface area contributed by atoms with Crippen LogP contribution in [0, 0.1) is 0 Å². The van der Waals surface area contributed by atoms with E-state index in [9.17, 15) is 0 Å². The van der Waals surface area contributed by atoms with Gasteiger partial charge in [0.15, 0.2) is 0 Å². The van der Waals surface area contributed by atoms with Crippen LogP contribution in [0.2, 0.25) is 0 Å². The lowest BCUT2D eigenvalue weighted by molar-refractivity contribution is 0.759. The second-order valence-electron chi connectivity index (χ2n) is 3.27. The van der Waals surface area contributed by atoms with Crippen molar-refractivity contribution in [3.63, 3.8) is 0 Å². The number of rotatable bonds is 3. The minimum absolute atomic E-state index is 0.346. The second kappa shape index (κ2) is 4.40. The van der Waals surface area contributed by atoms with Gasteiger partial charge in [-0.25, -0.2) is 0 Å². The first kappa shape index (κ1) is 10.2. The Kier molecular flexibility index (Phi) is 3.46. The van der Waals surface area contributed by atoms with Crippen molar-refractivity contribution in [1.82, 2.24) is 0 Å². The zero-order valence-electron chi connectivity index (χ0n) is 8.38. The third-order valence-corrected chi connectivity index (χ3v) is 2.36. The van der Waals surface area contributed by atoms with Gasteiger partial charge in [-0.3, -0.25) is 0 Å². The van der Waals surface area contributed by atoms with Gasteiger partial charge in [0, 0.05) is 0 Å². The fourth-order valence-corrected chi connectivity index (χ4v) is 1.51. The minimum Gasteiger partial charge on any atom is -0.312 e. The van der Waals surface area contributed by atoms with Gasteiger partial charge < -0.3 is 11.5 Å². The largest absolute Gasteiger partial charge is 0.312 e. The molecule has 72 valence electrons. The van der Waals surface area contributed by atoms with Gasteiger partial charge in [-0.15, -0.1) is 0 Å². The molecule has 0 fully saturated rings. The molecule has 0 saturated carbocycles. The predicted octanol–water partition coefficient (Wildman–Crippen LogP) is 1.73. The highest BCUT2D eigenvalue weighted by Crippen LogP contribution is 2.16. The standard InChI is InChI=1S/C11H18N2/c1-3-8-5-6-10(11(12)13)9(4-2)7-8/h5-7,11H,3-4,12-13H2,1-2H3. The van der Waals surface area contributed by atoms with Crippen LogP contribution in [0.5, 0.6) is 0 Å². The molecule has 0 spiro atoms. The maximum atomic E-state index is 5.66. The summed E-state index contributed by atoms with van der Waals surface area (Å²) in [5.41, 5.74) is 15.0. The highest BCUT2D eigenvalue weighted by molar-refractivity contribution is 5.33. The molecule has 0 unspecified atom stereocenters. The lowest BCUT2D eigenvalue weighted by Crippen LogP contribution is -2.21. The van der Waals surface area contributed by atoms with Gasteiger partial charge >= 0.3 is 0 Å². The Morgan fingerprint density at radius 2 is 1.85 bits per heavy atom. The van der Waals surface area contributed by atoms with Gasteiger partial charge in [-0.2, -0.15) is 0 Å². The molecule has 0 atom stereocenters. The highest BCUT2D eigenvalue weighted by Gasteiger charge is 2.05. The predicted molar refractivity (Wildman–Crippen MR) is 56.3 cm³/mol. The van der Waals surface area contributed by atoms with Gasteiger partial charge in [0.2, 0.25) is 0 Å². The van der Waals surface area contributed by atoms with Gasteiger partial charge in [0.05, 0.1) is 6.17 Å². The summed E-state index contributed by atoms with van der Waals surface area (Å²) >= 11 is 0. The van der Waals surface area contributed by atoms with Gasteiger partial charge in [-0.1, -0.05) is 32.0 Å². The van der Waals surface area contributed by atoms with Crippen molar-refractivity contribution in [1.29, 1.82) is 0 Å². The van der Waals surface area contributed by atoms with Crippen LogP contribution in [0.3, 0.4) is 0 Å². The van der Waals surface area contributed by atoms with E-state index in [1.165, 1.54) is 11.1 Å². The topological polar surface area (TPSA) is 52.0 Å². The van der Waals surface area contributed by atoms with E-state index in [0.717, 1.165) is 18.4 Å². The summed E-state index contributed by atoms with van der Waals surface area (Å²) in [5, 5.41) is 0. The number of hydrogen-bond acceptors (Lipinski definition) is 2. The number of aryl methyl sites for hydroxylation is 2. The molecule has 0 bridgehead atoms. The van der Waals surface area contributed by atoms with Crippen LogP contribution in [0.1, 0.15) is 36.7 Å². The number of benzene rings is 1. The maximum Gasteiger partial charge on any atom is 0.0787 e. The molecule has 1 rings (SSSR count).